The van der Waals surface area contributed by atoms with E-state index in [4.69, 9.17) is 19.8 Å². The number of anilines is 1. The Labute approximate surface area is 238 Å². The van der Waals surface area contributed by atoms with Gasteiger partial charge >= 0.3 is 0 Å². The maximum absolute atomic E-state index is 5.55. The van der Waals surface area contributed by atoms with Crippen LogP contribution >= 0.6 is 0 Å². The second kappa shape index (κ2) is 10.5. The first kappa shape index (κ1) is 26.0. The summed E-state index contributed by atoms with van der Waals surface area (Å²) in [6.07, 6.45) is 14.1. The fourth-order valence-corrected chi connectivity index (χ4v) is 7.32. The minimum atomic E-state index is -0.0444. The molecule has 8 heteroatoms. The van der Waals surface area contributed by atoms with E-state index in [0.29, 0.717) is 11.5 Å². The fraction of sp³-hybridized carbons (Fsp3) is 0.594. The molecular formula is C32H43N7O. The highest BCUT2D eigenvalue weighted by Crippen LogP contribution is 2.41. The van der Waals surface area contributed by atoms with Crippen LogP contribution in [0.2, 0.25) is 0 Å². The standard InChI is InChI=1S/C32H43N7O/c1-4-23-15-24(14-22(3)30(23)38-12-8-32(9-13-38)20-40-21-32)28-18-34-31-29(36-28)27(17-33-31)25-16-35-39(19-25)26-6-10-37(5-2)11-7-26/h14-19,26,29,31,33H,4-13,20-21H2,1-3H3. The summed E-state index contributed by atoms with van der Waals surface area (Å²) in [5.41, 5.74) is 9.10. The van der Waals surface area contributed by atoms with Crippen molar-refractivity contribution in [2.75, 3.05) is 50.8 Å². The van der Waals surface area contributed by atoms with E-state index in [0.717, 1.165) is 76.5 Å². The Morgan fingerprint density at radius 2 is 1.85 bits per heavy atom. The van der Waals surface area contributed by atoms with Crippen molar-refractivity contribution in [3.05, 3.63) is 53.0 Å². The molecule has 0 radical (unpaired) electrons. The van der Waals surface area contributed by atoms with E-state index in [2.05, 4.69) is 65.1 Å². The lowest BCUT2D eigenvalue weighted by atomic mass is 9.76. The van der Waals surface area contributed by atoms with E-state index in [9.17, 15) is 0 Å². The maximum Gasteiger partial charge on any atom is 0.145 e. The van der Waals surface area contributed by atoms with Gasteiger partial charge in [0.25, 0.3) is 0 Å². The number of hydrogen-bond acceptors (Lipinski definition) is 7. The minimum Gasteiger partial charge on any atom is -0.380 e. The van der Waals surface area contributed by atoms with Crippen molar-refractivity contribution in [3.63, 3.8) is 0 Å². The van der Waals surface area contributed by atoms with E-state index in [1.54, 1.807) is 0 Å². The molecule has 212 valence electrons. The SMILES string of the molecule is CCc1cc(C2=NC3C(c4cnn(C5CCN(CC)CC5)c4)=CNC3N=C2)cc(C)c1N1CCC2(CC1)COC2. The zero-order valence-corrected chi connectivity index (χ0v) is 24.3. The molecule has 6 heterocycles. The first-order valence-electron chi connectivity index (χ1n) is 15.4. The summed E-state index contributed by atoms with van der Waals surface area (Å²) >= 11 is 0. The molecule has 40 heavy (non-hydrogen) atoms. The second-order valence-electron chi connectivity index (χ2n) is 12.5. The molecular weight excluding hydrogens is 498 g/mol. The van der Waals surface area contributed by atoms with Crippen LogP contribution in [-0.4, -0.2) is 84.8 Å². The number of aryl methyl sites for hydroxylation is 2. The van der Waals surface area contributed by atoms with Crippen molar-refractivity contribution in [3.8, 4) is 0 Å². The van der Waals surface area contributed by atoms with Crippen LogP contribution in [0, 0.1) is 12.3 Å². The predicted octanol–water partition coefficient (Wildman–Crippen LogP) is 4.24. The van der Waals surface area contributed by atoms with E-state index >= 15 is 0 Å². The monoisotopic (exact) mass is 541 g/mol. The molecule has 0 saturated carbocycles. The highest BCUT2D eigenvalue weighted by Gasteiger charge is 2.41. The lowest BCUT2D eigenvalue weighted by Crippen LogP contribution is -2.51. The van der Waals surface area contributed by atoms with Gasteiger partial charge in [-0.15, -0.1) is 0 Å². The number of nitrogens with zero attached hydrogens (tertiary/aromatic N) is 6. The topological polar surface area (TPSA) is 70.3 Å². The zero-order chi connectivity index (χ0) is 27.3. The molecule has 3 saturated heterocycles. The van der Waals surface area contributed by atoms with Crippen LogP contribution in [0.1, 0.15) is 67.8 Å². The first-order chi connectivity index (χ1) is 19.6. The summed E-state index contributed by atoms with van der Waals surface area (Å²) in [5.74, 6) is 0. The van der Waals surface area contributed by atoms with Crippen molar-refractivity contribution in [1.29, 1.82) is 0 Å². The molecule has 5 aliphatic heterocycles. The molecule has 2 atom stereocenters. The van der Waals surface area contributed by atoms with Gasteiger partial charge in [-0.05, 0) is 68.8 Å². The van der Waals surface area contributed by atoms with Gasteiger partial charge < -0.3 is 19.9 Å². The highest BCUT2D eigenvalue weighted by atomic mass is 16.5. The molecule has 1 aromatic carbocycles. The third kappa shape index (κ3) is 4.59. The fourth-order valence-electron chi connectivity index (χ4n) is 7.32. The Kier molecular flexibility index (Phi) is 6.79. The number of nitrogens with one attached hydrogen (secondary N) is 1. The number of likely N-dealkylation sites (tertiary alicyclic amines) is 1. The number of fused-ring (bicyclic) bond motifs is 1. The van der Waals surface area contributed by atoms with Gasteiger partial charge in [-0.25, -0.2) is 0 Å². The Bertz CT molecular complexity index is 1330. The Morgan fingerprint density at radius 1 is 1.05 bits per heavy atom. The number of aliphatic imine (C=N–C) groups is 2. The molecule has 0 aliphatic carbocycles. The molecule has 1 aromatic heterocycles. The van der Waals surface area contributed by atoms with Gasteiger partial charge in [0, 0.05) is 72.6 Å². The van der Waals surface area contributed by atoms with Crippen LogP contribution in [0.5, 0.6) is 0 Å². The van der Waals surface area contributed by atoms with Crippen LogP contribution in [0.15, 0.2) is 40.7 Å². The van der Waals surface area contributed by atoms with Gasteiger partial charge in [-0.2, -0.15) is 5.10 Å². The van der Waals surface area contributed by atoms with Gasteiger partial charge in [0.15, 0.2) is 0 Å². The van der Waals surface area contributed by atoms with Crippen LogP contribution in [0.25, 0.3) is 5.57 Å². The normalized spacial score (nSPS) is 26.3. The molecule has 0 bridgehead atoms. The van der Waals surface area contributed by atoms with E-state index in [1.807, 2.05) is 12.4 Å². The third-order valence-corrected chi connectivity index (χ3v) is 9.99. The summed E-state index contributed by atoms with van der Waals surface area (Å²) in [7, 11) is 0. The molecule has 1 N–H and O–H groups in total. The van der Waals surface area contributed by atoms with Gasteiger partial charge in [-0.3, -0.25) is 14.7 Å². The first-order valence-corrected chi connectivity index (χ1v) is 15.4. The molecule has 0 amide bonds. The summed E-state index contributed by atoms with van der Waals surface area (Å²) in [6.45, 7) is 14.4. The number of benzene rings is 1. The number of hydrogen-bond donors (Lipinski definition) is 1. The summed E-state index contributed by atoms with van der Waals surface area (Å²) in [5, 5.41) is 8.24. The van der Waals surface area contributed by atoms with Crippen molar-refractivity contribution in [2.45, 2.75) is 71.1 Å². The van der Waals surface area contributed by atoms with Gasteiger partial charge in [0.05, 0.1) is 31.2 Å². The molecule has 8 nitrogen and oxygen atoms in total. The third-order valence-electron chi connectivity index (χ3n) is 9.99. The summed E-state index contributed by atoms with van der Waals surface area (Å²) < 4.78 is 7.73. The van der Waals surface area contributed by atoms with Gasteiger partial charge in [-0.1, -0.05) is 13.8 Å². The largest absolute Gasteiger partial charge is 0.380 e. The van der Waals surface area contributed by atoms with Crippen molar-refractivity contribution in [1.82, 2.24) is 20.0 Å². The average Bonchev–Trinajstić information content (AvgIpc) is 3.63. The quantitative estimate of drug-likeness (QED) is 0.593. The number of rotatable bonds is 6. The van der Waals surface area contributed by atoms with E-state index < -0.39 is 0 Å². The molecule has 5 aliphatic rings. The summed E-state index contributed by atoms with van der Waals surface area (Å²) in [4.78, 5) is 15.3. The van der Waals surface area contributed by atoms with Crippen LogP contribution in [-0.2, 0) is 11.2 Å². The molecule has 2 unspecified atom stereocenters. The second-order valence-corrected chi connectivity index (χ2v) is 12.5. The molecule has 1 spiro atoms. The summed E-state index contributed by atoms with van der Waals surface area (Å²) in [6, 6.07) is 5.12. The molecule has 3 fully saturated rings. The van der Waals surface area contributed by atoms with Gasteiger partial charge in [0.2, 0.25) is 0 Å². The van der Waals surface area contributed by atoms with E-state index in [1.165, 1.54) is 40.8 Å². The lowest BCUT2D eigenvalue weighted by Gasteiger charge is -2.48. The van der Waals surface area contributed by atoms with Gasteiger partial charge in [0.1, 0.15) is 12.2 Å². The maximum atomic E-state index is 5.55. The Hall–Kier alpha value is -2.97. The van der Waals surface area contributed by atoms with Crippen molar-refractivity contribution >= 4 is 23.2 Å². The smallest absolute Gasteiger partial charge is 0.145 e. The zero-order valence-electron chi connectivity index (χ0n) is 24.3. The number of aromatic nitrogens is 2. The number of ether oxygens (including phenoxy) is 1. The Balaban J connectivity index is 1.10. The molecule has 2 aromatic rings. The van der Waals surface area contributed by atoms with Crippen molar-refractivity contribution < 1.29 is 4.74 Å². The Morgan fingerprint density at radius 3 is 2.55 bits per heavy atom. The average molecular weight is 542 g/mol. The van der Waals surface area contributed by atoms with Crippen molar-refractivity contribution in [2.24, 2.45) is 15.4 Å². The minimum absolute atomic E-state index is 0.0346. The van der Waals surface area contributed by atoms with Crippen LogP contribution in [0.3, 0.4) is 0 Å². The van der Waals surface area contributed by atoms with Crippen LogP contribution in [0.4, 0.5) is 5.69 Å². The van der Waals surface area contributed by atoms with E-state index in [-0.39, 0.29) is 12.2 Å². The predicted molar refractivity (Wildman–Crippen MR) is 162 cm³/mol. The lowest BCUT2D eigenvalue weighted by molar-refractivity contribution is -0.124. The number of piperidine rings is 2. The highest BCUT2D eigenvalue weighted by molar-refractivity contribution is 6.39. The van der Waals surface area contributed by atoms with Crippen LogP contribution < -0.4 is 10.2 Å². The molecule has 7 rings (SSSR count).